The molecule has 0 spiro atoms. The van der Waals surface area contributed by atoms with Gasteiger partial charge in [0.05, 0.1) is 12.0 Å². The summed E-state index contributed by atoms with van der Waals surface area (Å²) in [5, 5.41) is 8.85. The van der Waals surface area contributed by atoms with Gasteiger partial charge in [-0.15, -0.1) is 0 Å². The number of carbonyl (C=O) groups excluding carboxylic acids is 2. The van der Waals surface area contributed by atoms with Crippen molar-refractivity contribution in [2.45, 2.75) is 50.6 Å². The Bertz CT molecular complexity index is 785. The van der Waals surface area contributed by atoms with Gasteiger partial charge in [-0.05, 0) is 37.3 Å². The molecule has 1 aromatic rings. The monoisotopic (exact) mass is 394 g/mol. The topological polar surface area (TPSA) is 77.9 Å². The lowest BCUT2D eigenvalue weighted by Gasteiger charge is -2.34. The van der Waals surface area contributed by atoms with Gasteiger partial charge in [-0.25, -0.2) is 8.78 Å². The first-order chi connectivity index (χ1) is 13.3. The molecule has 8 heteroatoms. The maximum absolute atomic E-state index is 14.2. The van der Waals surface area contributed by atoms with Gasteiger partial charge in [0.2, 0.25) is 5.91 Å². The zero-order valence-corrected chi connectivity index (χ0v) is 15.7. The second-order valence-electron chi connectivity index (χ2n) is 7.60. The Morgan fingerprint density at radius 1 is 1.21 bits per heavy atom. The minimum absolute atomic E-state index is 0.0347. The van der Waals surface area contributed by atoms with Crippen molar-refractivity contribution in [3.8, 4) is 0 Å². The van der Waals surface area contributed by atoms with E-state index in [1.165, 1.54) is 16.8 Å². The number of halogens is 2. The molecule has 28 heavy (non-hydrogen) atoms. The highest BCUT2D eigenvalue weighted by Gasteiger charge is 2.48. The highest BCUT2D eigenvalue weighted by atomic mass is 19.1. The quantitative estimate of drug-likeness (QED) is 0.833. The molecule has 2 amide bonds. The van der Waals surface area contributed by atoms with Crippen LogP contribution in [-0.2, 0) is 9.59 Å². The van der Waals surface area contributed by atoms with Crippen LogP contribution in [0.15, 0.2) is 18.2 Å². The molecule has 1 aliphatic heterocycles. The first-order valence-corrected chi connectivity index (χ1v) is 9.54. The molecule has 6 nitrogen and oxygen atoms in total. The molecular formula is C20H24F2N2O4. The molecule has 2 fully saturated rings. The lowest BCUT2D eigenvalue weighted by molar-refractivity contribution is -0.139. The number of aliphatic carboxylic acids is 1. The number of hydrogen-bond acceptors (Lipinski definition) is 3. The Morgan fingerprint density at radius 2 is 1.93 bits per heavy atom. The van der Waals surface area contributed by atoms with Gasteiger partial charge in [-0.3, -0.25) is 14.4 Å². The van der Waals surface area contributed by atoms with E-state index in [2.05, 4.69) is 0 Å². The number of carboxylic acids is 1. The van der Waals surface area contributed by atoms with Crippen LogP contribution in [0.4, 0.5) is 8.78 Å². The van der Waals surface area contributed by atoms with E-state index in [1.54, 1.807) is 0 Å². The third-order valence-corrected chi connectivity index (χ3v) is 5.81. The van der Waals surface area contributed by atoms with Crippen LogP contribution in [0.3, 0.4) is 0 Å². The molecule has 1 heterocycles. The Labute approximate surface area is 162 Å². The molecule has 0 bridgehead atoms. The minimum Gasteiger partial charge on any atom is -0.481 e. The number of likely N-dealkylation sites (N-methyl/N-ethyl adjacent to an activating group) is 1. The van der Waals surface area contributed by atoms with Gasteiger partial charge >= 0.3 is 5.97 Å². The van der Waals surface area contributed by atoms with Gasteiger partial charge in [0.15, 0.2) is 0 Å². The number of amides is 2. The summed E-state index contributed by atoms with van der Waals surface area (Å²) in [5.41, 5.74) is -0.251. The van der Waals surface area contributed by atoms with Gasteiger partial charge in [0, 0.05) is 25.7 Å². The second kappa shape index (κ2) is 8.24. The van der Waals surface area contributed by atoms with Crippen molar-refractivity contribution < 1.29 is 28.3 Å². The summed E-state index contributed by atoms with van der Waals surface area (Å²) >= 11 is 0. The van der Waals surface area contributed by atoms with E-state index in [0.29, 0.717) is 12.5 Å². The molecule has 3 unspecified atom stereocenters. The summed E-state index contributed by atoms with van der Waals surface area (Å²) < 4.78 is 27.5. The summed E-state index contributed by atoms with van der Waals surface area (Å²) in [6, 6.07) is 1.88. The molecule has 0 radical (unpaired) electrons. The number of fused-ring (bicyclic) bond motifs is 1. The molecular weight excluding hydrogens is 370 g/mol. The summed E-state index contributed by atoms with van der Waals surface area (Å²) in [5.74, 6) is -3.53. The molecule has 1 aliphatic carbocycles. The number of likely N-dealkylation sites (tertiary alicyclic amines) is 1. The van der Waals surface area contributed by atoms with E-state index >= 15 is 0 Å². The van der Waals surface area contributed by atoms with Crippen LogP contribution in [-0.4, -0.2) is 58.4 Å². The SMILES string of the molecule is CN(CCC(=O)O)C(=O)C1CC2CCCCC2N1C(=O)c1ccc(F)cc1F. The van der Waals surface area contributed by atoms with Crippen LogP contribution in [0.1, 0.15) is 48.9 Å². The summed E-state index contributed by atoms with van der Waals surface area (Å²) in [6.45, 7) is 0.0347. The summed E-state index contributed by atoms with van der Waals surface area (Å²) in [4.78, 5) is 39.7. The number of carbonyl (C=O) groups is 3. The smallest absolute Gasteiger partial charge is 0.305 e. The lowest BCUT2D eigenvalue weighted by atomic mass is 9.84. The Kier molecular flexibility index (Phi) is 5.96. The van der Waals surface area contributed by atoms with Crippen LogP contribution in [0.2, 0.25) is 0 Å². The van der Waals surface area contributed by atoms with E-state index in [0.717, 1.165) is 37.8 Å². The predicted octanol–water partition coefficient (Wildman–Crippen LogP) is 2.67. The van der Waals surface area contributed by atoms with Gasteiger partial charge < -0.3 is 14.9 Å². The largest absolute Gasteiger partial charge is 0.481 e. The van der Waals surface area contributed by atoms with Crippen molar-refractivity contribution in [3.63, 3.8) is 0 Å². The third kappa shape index (κ3) is 4.00. The van der Waals surface area contributed by atoms with Crippen molar-refractivity contribution in [2.75, 3.05) is 13.6 Å². The van der Waals surface area contributed by atoms with Crippen LogP contribution in [0.25, 0.3) is 0 Å². The third-order valence-electron chi connectivity index (χ3n) is 5.81. The molecule has 1 saturated heterocycles. The second-order valence-corrected chi connectivity index (χ2v) is 7.60. The zero-order valence-electron chi connectivity index (χ0n) is 15.7. The first kappa shape index (κ1) is 20.2. The number of nitrogens with zero attached hydrogens (tertiary/aromatic N) is 2. The Hall–Kier alpha value is -2.51. The standard InChI is InChI=1S/C20H24F2N2O4/c1-23(9-8-18(25)26)20(28)17-10-12-4-2-3-5-16(12)24(17)19(27)14-7-6-13(21)11-15(14)22/h6-7,11-12,16-17H,2-5,8-10H2,1H3,(H,25,26). The average Bonchev–Trinajstić information content (AvgIpc) is 3.04. The van der Waals surface area contributed by atoms with E-state index < -0.39 is 29.6 Å². The van der Waals surface area contributed by atoms with E-state index in [-0.39, 0.29) is 36.4 Å². The predicted molar refractivity (Wildman–Crippen MR) is 96.6 cm³/mol. The molecule has 1 aromatic carbocycles. The molecule has 3 atom stereocenters. The highest BCUT2D eigenvalue weighted by Crippen LogP contribution is 2.41. The molecule has 1 N–H and O–H groups in total. The van der Waals surface area contributed by atoms with Crippen molar-refractivity contribution in [2.24, 2.45) is 5.92 Å². The number of benzene rings is 1. The number of rotatable bonds is 5. The maximum Gasteiger partial charge on any atom is 0.305 e. The number of carboxylic acid groups (broad SMARTS) is 1. The van der Waals surface area contributed by atoms with Gasteiger partial charge in [0.25, 0.3) is 5.91 Å². The average molecular weight is 394 g/mol. The van der Waals surface area contributed by atoms with E-state index in [1.807, 2.05) is 0 Å². The highest BCUT2D eigenvalue weighted by molar-refractivity contribution is 5.98. The van der Waals surface area contributed by atoms with Crippen molar-refractivity contribution >= 4 is 17.8 Å². The number of hydrogen-bond donors (Lipinski definition) is 1. The van der Waals surface area contributed by atoms with E-state index in [4.69, 9.17) is 5.11 Å². The minimum atomic E-state index is -1.01. The van der Waals surface area contributed by atoms with Crippen LogP contribution in [0, 0.1) is 17.6 Å². The molecule has 0 aromatic heterocycles. The van der Waals surface area contributed by atoms with Crippen molar-refractivity contribution in [1.29, 1.82) is 0 Å². The summed E-state index contributed by atoms with van der Waals surface area (Å²) in [6.07, 6.45) is 3.86. The van der Waals surface area contributed by atoms with Gasteiger partial charge in [-0.2, -0.15) is 0 Å². The maximum atomic E-state index is 14.2. The van der Waals surface area contributed by atoms with Crippen LogP contribution >= 0.6 is 0 Å². The fraction of sp³-hybridized carbons (Fsp3) is 0.550. The van der Waals surface area contributed by atoms with Crippen molar-refractivity contribution in [1.82, 2.24) is 9.80 Å². The van der Waals surface area contributed by atoms with Gasteiger partial charge in [0.1, 0.15) is 17.7 Å². The van der Waals surface area contributed by atoms with E-state index in [9.17, 15) is 23.2 Å². The first-order valence-electron chi connectivity index (χ1n) is 9.54. The lowest BCUT2D eigenvalue weighted by Crippen LogP contribution is -2.50. The van der Waals surface area contributed by atoms with Gasteiger partial charge in [-0.1, -0.05) is 12.8 Å². The molecule has 3 rings (SSSR count). The fourth-order valence-corrected chi connectivity index (χ4v) is 4.40. The van der Waals surface area contributed by atoms with Crippen LogP contribution in [0.5, 0.6) is 0 Å². The zero-order chi connectivity index (χ0) is 20.4. The molecule has 2 aliphatic rings. The fourth-order valence-electron chi connectivity index (χ4n) is 4.40. The van der Waals surface area contributed by atoms with Crippen LogP contribution < -0.4 is 0 Å². The normalized spacial score (nSPS) is 24.0. The summed E-state index contributed by atoms with van der Waals surface area (Å²) in [7, 11) is 1.51. The Balaban J connectivity index is 1.88. The molecule has 152 valence electrons. The molecule has 1 saturated carbocycles. The Morgan fingerprint density at radius 3 is 2.61 bits per heavy atom. The van der Waals surface area contributed by atoms with Crippen molar-refractivity contribution in [3.05, 3.63) is 35.4 Å².